The first-order valence-corrected chi connectivity index (χ1v) is 14.1. The van der Waals surface area contributed by atoms with Crippen molar-refractivity contribution in [2.24, 2.45) is 0 Å². The molecule has 0 aliphatic heterocycles. The summed E-state index contributed by atoms with van der Waals surface area (Å²) in [6.07, 6.45) is 2.21. The first-order chi connectivity index (χ1) is 18.4. The van der Waals surface area contributed by atoms with Gasteiger partial charge in [0.05, 0.1) is 22.2 Å². The minimum absolute atomic E-state index is 0.0169. The summed E-state index contributed by atoms with van der Waals surface area (Å²) in [5, 5.41) is -0.162. The van der Waals surface area contributed by atoms with Crippen LogP contribution in [0.4, 0.5) is 13.6 Å². The van der Waals surface area contributed by atoms with Gasteiger partial charge in [-0.05, 0) is 64.7 Å². The first-order valence-electron chi connectivity index (χ1n) is 12.9. The fourth-order valence-corrected chi connectivity index (χ4v) is 6.49. The summed E-state index contributed by atoms with van der Waals surface area (Å²) in [6.45, 7) is 5.71. The van der Waals surface area contributed by atoms with Crippen LogP contribution in [0.5, 0.6) is 5.75 Å². The van der Waals surface area contributed by atoms with E-state index in [9.17, 15) is 18.4 Å². The van der Waals surface area contributed by atoms with Crippen molar-refractivity contribution in [3.8, 4) is 5.75 Å². The molecule has 1 aromatic heterocycles. The number of halogens is 3. The number of rotatable bonds is 6. The lowest BCUT2D eigenvalue weighted by Gasteiger charge is -2.40. The molecule has 10 heteroatoms. The van der Waals surface area contributed by atoms with E-state index in [1.165, 1.54) is 0 Å². The predicted molar refractivity (Wildman–Crippen MR) is 150 cm³/mol. The largest absolute Gasteiger partial charge is 0.496 e. The lowest BCUT2D eigenvalue weighted by Crippen LogP contribution is -2.47. The van der Waals surface area contributed by atoms with Crippen molar-refractivity contribution in [1.29, 1.82) is 0 Å². The number of ether oxygens (including phenoxy) is 2. The van der Waals surface area contributed by atoms with Crippen LogP contribution in [0.15, 0.2) is 36.4 Å². The highest BCUT2D eigenvalue weighted by Crippen LogP contribution is 2.40. The smallest absolute Gasteiger partial charge is 0.410 e. The standard InChI is InChI=1S/C29H33ClF2N2O4S/c1-29(2,3)38-28(36)33(4)18-10-12-19(13-11-18)34(16-17-8-6-7-9-22(17)37-5)27(35)26-24(30)23-20(31)14-15-21(32)25(23)39-26/h6-9,14-15,18-19H,10-13,16H2,1-5H3. The number of hydrogen-bond donors (Lipinski definition) is 0. The number of nitrogens with zero attached hydrogens (tertiary/aromatic N) is 2. The zero-order valence-electron chi connectivity index (χ0n) is 22.7. The molecule has 210 valence electrons. The Balaban J connectivity index is 1.62. The molecule has 1 aliphatic carbocycles. The second-order valence-electron chi connectivity index (χ2n) is 10.8. The molecule has 0 bridgehead atoms. The first kappa shape index (κ1) is 29.1. The zero-order chi connectivity index (χ0) is 28.5. The van der Waals surface area contributed by atoms with E-state index in [0.717, 1.165) is 29.0 Å². The van der Waals surface area contributed by atoms with Gasteiger partial charge in [-0.25, -0.2) is 13.6 Å². The minimum Gasteiger partial charge on any atom is -0.496 e. The molecule has 1 fully saturated rings. The summed E-state index contributed by atoms with van der Waals surface area (Å²) in [5.41, 5.74) is 0.208. The van der Waals surface area contributed by atoms with Crippen molar-refractivity contribution in [2.45, 2.75) is 70.7 Å². The van der Waals surface area contributed by atoms with Gasteiger partial charge in [-0.3, -0.25) is 4.79 Å². The average Bonchev–Trinajstić information content (AvgIpc) is 3.26. The number of benzene rings is 2. The summed E-state index contributed by atoms with van der Waals surface area (Å²) in [5.74, 6) is -1.06. The van der Waals surface area contributed by atoms with Crippen molar-refractivity contribution in [2.75, 3.05) is 14.2 Å². The Morgan fingerprint density at radius 3 is 2.26 bits per heavy atom. The van der Waals surface area contributed by atoms with Gasteiger partial charge >= 0.3 is 6.09 Å². The van der Waals surface area contributed by atoms with E-state index < -0.39 is 23.1 Å². The van der Waals surface area contributed by atoms with E-state index in [2.05, 4.69) is 0 Å². The fourth-order valence-electron chi connectivity index (χ4n) is 4.99. The van der Waals surface area contributed by atoms with Crippen molar-refractivity contribution in [3.05, 3.63) is 63.5 Å². The van der Waals surface area contributed by atoms with Crippen LogP contribution >= 0.6 is 22.9 Å². The predicted octanol–water partition coefficient (Wildman–Crippen LogP) is 7.66. The molecule has 0 radical (unpaired) electrons. The topological polar surface area (TPSA) is 59.1 Å². The fraction of sp³-hybridized carbons (Fsp3) is 0.448. The van der Waals surface area contributed by atoms with E-state index in [1.54, 1.807) is 24.0 Å². The zero-order valence-corrected chi connectivity index (χ0v) is 24.3. The molecule has 0 unspecified atom stereocenters. The number of thiophene rings is 1. The van der Waals surface area contributed by atoms with E-state index in [-0.39, 0.29) is 44.7 Å². The highest BCUT2D eigenvalue weighted by molar-refractivity contribution is 7.21. The van der Waals surface area contributed by atoms with Crippen molar-refractivity contribution >= 4 is 45.0 Å². The number of para-hydroxylation sites is 1. The third-order valence-corrected chi connectivity index (χ3v) is 8.68. The monoisotopic (exact) mass is 578 g/mol. The third kappa shape index (κ3) is 6.30. The molecule has 6 nitrogen and oxygen atoms in total. The molecule has 0 spiro atoms. The summed E-state index contributed by atoms with van der Waals surface area (Å²) >= 11 is 7.36. The number of carbonyl (C=O) groups is 2. The lowest BCUT2D eigenvalue weighted by molar-refractivity contribution is 0.0144. The van der Waals surface area contributed by atoms with Gasteiger partial charge in [-0.15, -0.1) is 11.3 Å². The van der Waals surface area contributed by atoms with Crippen molar-refractivity contribution in [1.82, 2.24) is 9.80 Å². The Morgan fingerprint density at radius 2 is 1.64 bits per heavy atom. The molecule has 4 rings (SSSR count). The Hall–Kier alpha value is -2.91. The normalized spacial score (nSPS) is 17.6. The quantitative estimate of drug-likeness (QED) is 0.301. The van der Waals surface area contributed by atoms with Gasteiger partial charge < -0.3 is 19.3 Å². The molecular formula is C29H33ClF2N2O4S. The van der Waals surface area contributed by atoms with Crippen LogP contribution < -0.4 is 4.74 Å². The molecule has 2 amide bonds. The van der Waals surface area contributed by atoms with Crippen LogP contribution in [0.1, 0.15) is 61.7 Å². The van der Waals surface area contributed by atoms with Crippen LogP contribution in [0.2, 0.25) is 5.02 Å². The highest BCUT2D eigenvalue weighted by Gasteiger charge is 2.35. The number of hydrogen-bond acceptors (Lipinski definition) is 5. The number of fused-ring (bicyclic) bond motifs is 1. The van der Waals surface area contributed by atoms with E-state index in [4.69, 9.17) is 21.1 Å². The molecule has 1 saturated carbocycles. The molecule has 3 aromatic rings. The van der Waals surface area contributed by atoms with Crippen LogP contribution in [0.25, 0.3) is 10.1 Å². The second kappa shape index (κ2) is 11.7. The van der Waals surface area contributed by atoms with Crippen LogP contribution in [0.3, 0.4) is 0 Å². The van der Waals surface area contributed by atoms with E-state index in [0.29, 0.717) is 31.4 Å². The minimum atomic E-state index is -0.673. The van der Waals surface area contributed by atoms with E-state index >= 15 is 0 Å². The van der Waals surface area contributed by atoms with Crippen LogP contribution in [0, 0.1) is 11.6 Å². The maximum Gasteiger partial charge on any atom is 0.410 e. The van der Waals surface area contributed by atoms with Gasteiger partial charge in [0.15, 0.2) is 0 Å². The summed E-state index contributed by atoms with van der Waals surface area (Å²) < 4.78 is 40.1. The highest BCUT2D eigenvalue weighted by atomic mass is 35.5. The molecule has 0 atom stereocenters. The molecule has 2 aromatic carbocycles. The molecule has 0 N–H and O–H groups in total. The van der Waals surface area contributed by atoms with Crippen LogP contribution in [-0.4, -0.2) is 53.6 Å². The van der Waals surface area contributed by atoms with Gasteiger partial charge in [0.2, 0.25) is 0 Å². The Morgan fingerprint density at radius 1 is 1.03 bits per heavy atom. The summed E-state index contributed by atoms with van der Waals surface area (Å²) in [4.78, 5) is 30.1. The molecule has 39 heavy (non-hydrogen) atoms. The second-order valence-corrected chi connectivity index (χ2v) is 12.2. The van der Waals surface area contributed by atoms with Gasteiger partial charge in [-0.2, -0.15) is 0 Å². The Kier molecular flexibility index (Phi) is 8.71. The number of carbonyl (C=O) groups excluding carboxylic acids is 2. The van der Waals surface area contributed by atoms with Gasteiger partial charge in [0.25, 0.3) is 5.91 Å². The number of methoxy groups -OCH3 is 1. The van der Waals surface area contributed by atoms with Crippen molar-refractivity contribution < 1.29 is 27.8 Å². The maximum absolute atomic E-state index is 14.6. The number of amides is 2. The Labute approximate surface area is 236 Å². The average molecular weight is 579 g/mol. The van der Waals surface area contributed by atoms with Crippen LogP contribution in [-0.2, 0) is 11.3 Å². The van der Waals surface area contributed by atoms with E-state index in [1.807, 2.05) is 45.0 Å². The van der Waals surface area contributed by atoms with Gasteiger partial charge in [0, 0.05) is 31.2 Å². The van der Waals surface area contributed by atoms with Gasteiger partial charge in [0.1, 0.15) is 27.9 Å². The summed E-state index contributed by atoms with van der Waals surface area (Å²) in [6, 6.07) is 9.25. The molecule has 1 aliphatic rings. The molecule has 0 saturated heterocycles. The molecular weight excluding hydrogens is 546 g/mol. The van der Waals surface area contributed by atoms with Crippen molar-refractivity contribution in [3.63, 3.8) is 0 Å². The van der Waals surface area contributed by atoms with Gasteiger partial charge in [-0.1, -0.05) is 29.8 Å². The summed E-state index contributed by atoms with van der Waals surface area (Å²) in [7, 11) is 3.30. The molecule has 1 heterocycles. The Bertz CT molecular complexity index is 1370. The maximum atomic E-state index is 14.6. The lowest BCUT2D eigenvalue weighted by atomic mass is 9.89. The third-order valence-electron chi connectivity index (χ3n) is 7.01. The SMILES string of the molecule is COc1ccccc1CN(C(=O)c1sc2c(F)ccc(F)c2c1Cl)C1CCC(N(C)C(=O)OC(C)(C)C)CC1.